The van der Waals surface area contributed by atoms with Crippen LogP contribution in [0, 0.1) is 5.82 Å². The van der Waals surface area contributed by atoms with Crippen molar-refractivity contribution >= 4 is 0 Å². The van der Waals surface area contributed by atoms with E-state index >= 15 is 0 Å². The summed E-state index contributed by atoms with van der Waals surface area (Å²) < 4.78 is 57.3. The number of hydrogen-bond acceptors (Lipinski definition) is 2. The lowest BCUT2D eigenvalue weighted by Crippen LogP contribution is -2.22. The first kappa shape index (κ1) is 13.9. The first-order chi connectivity index (χ1) is 8.95. The zero-order valence-corrected chi connectivity index (χ0v) is 10.2. The minimum atomic E-state index is -4.71. The molecule has 0 saturated carbocycles. The van der Waals surface area contributed by atoms with Crippen molar-refractivity contribution in [3.63, 3.8) is 0 Å². The van der Waals surface area contributed by atoms with Crippen LogP contribution in [0.15, 0.2) is 30.0 Å². The average molecular weight is 275 g/mol. The van der Waals surface area contributed by atoms with E-state index in [1.165, 1.54) is 12.1 Å². The Morgan fingerprint density at radius 3 is 2.58 bits per heavy atom. The Morgan fingerprint density at radius 2 is 2.05 bits per heavy atom. The van der Waals surface area contributed by atoms with Crippen molar-refractivity contribution in [1.82, 2.24) is 5.32 Å². The Hall–Kier alpha value is -1.56. The number of hydrogen-bond donors (Lipinski definition) is 1. The van der Waals surface area contributed by atoms with Crippen LogP contribution in [0.2, 0.25) is 0 Å². The zero-order chi connectivity index (χ0) is 14.0. The molecule has 1 aliphatic rings. The van der Waals surface area contributed by atoms with Gasteiger partial charge in [-0.15, -0.1) is 0 Å². The fourth-order valence-corrected chi connectivity index (χ4v) is 2.08. The fraction of sp³-hybridized carbons (Fsp3) is 0.385. The van der Waals surface area contributed by atoms with Gasteiger partial charge < -0.3 is 10.1 Å². The highest BCUT2D eigenvalue weighted by Crippen LogP contribution is 2.36. The molecular weight excluding hydrogens is 262 g/mol. The molecule has 1 aromatic rings. The molecule has 0 bridgehead atoms. The topological polar surface area (TPSA) is 21.3 Å². The molecule has 0 spiro atoms. The number of rotatable bonds is 3. The Labute approximate surface area is 108 Å². The highest BCUT2D eigenvalue weighted by molar-refractivity contribution is 5.34. The van der Waals surface area contributed by atoms with E-state index < -0.39 is 23.6 Å². The van der Waals surface area contributed by atoms with Crippen LogP contribution in [0.3, 0.4) is 0 Å². The number of halogens is 4. The lowest BCUT2D eigenvalue weighted by atomic mass is 10.0. The second-order valence-electron chi connectivity index (χ2n) is 4.17. The van der Waals surface area contributed by atoms with Gasteiger partial charge in [-0.2, -0.15) is 13.2 Å². The molecule has 1 aliphatic heterocycles. The van der Waals surface area contributed by atoms with Crippen LogP contribution < -0.4 is 5.32 Å². The average Bonchev–Trinajstić information content (AvgIpc) is 2.84. The molecule has 1 aromatic carbocycles. The summed E-state index contributed by atoms with van der Waals surface area (Å²) in [4.78, 5) is 0. The van der Waals surface area contributed by atoms with E-state index in [9.17, 15) is 17.6 Å². The van der Waals surface area contributed by atoms with E-state index in [0.29, 0.717) is 18.8 Å². The van der Waals surface area contributed by atoms with Crippen LogP contribution in [-0.4, -0.2) is 13.7 Å². The molecule has 19 heavy (non-hydrogen) atoms. The molecule has 2 rings (SSSR count). The number of ether oxygens (including phenoxy) is 1. The Kier molecular flexibility index (Phi) is 3.80. The van der Waals surface area contributed by atoms with E-state index in [2.05, 4.69) is 5.32 Å². The quantitative estimate of drug-likeness (QED) is 0.854. The van der Waals surface area contributed by atoms with Crippen molar-refractivity contribution < 1.29 is 22.3 Å². The summed E-state index contributed by atoms with van der Waals surface area (Å²) in [6.45, 7) is 0.466. The molecule has 1 atom stereocenters. The number of nitrogens with one attached hydrogen (secondary N) is 1. The van der Waals surface area contributed by atoms with Gasteiger partial charge >= 0.3 is 6.18 Å². The minimum Gasteiger partial charge on any atom is -0.496 e. The van der Waals surface area contributed by atoms with Gasteiger partial charge in [0, 0.05) is 12.0 Å². The smallest absolute Gasteiger partial charge is 0.419 e. The number of benzene rings is 1. The van der Waals surface area contributed by atoms with Crippen molar-refractivity contribution in [2.24, 2.45) is 0 Å². The first-order valence-corrected chi connectivity index (χ1v) is 5.81. The molecule has 0 aliphatic carbocycles. The maximum absolute atomic E-state index is 14.0. The third kappa shape index (κ3) is 2.73. The van der Waals surface area contributed by atoms with E-state index in [1.807, 2.05) is 0 Å². The standard InChI is InChI=1S/C13H13F4NO/c1-18-12(10-6-3-7-19-10)8-4-2-5-9(11(8)14)13(15,16)17/h2,4-6,12,18H,3,7H2,1H3. The molecule has 6 heteroatoms. The molecule has 0 saturated heterocycles. The van der Waals surface area contributed by atoms with Gasteiger partial charge in [0.15, 0.2) is 0 Å². The summed E-state index contributed by atoms with van der Waals surface area (Å²) in [5, 5.41) is 2.78. The monoisotopic (exact) mass is 275 g/mol. The lowest BCUT2D eigenvalue weighted by Gasteiger charge is -2.20. The van der Waals surface area contributed by atoms with Crippen LogP contribution in [-0.2, 0) is 10.9 Å². The summed E-state index contributed by atoms with van der Waals surface area (Å²) >= 11 is 0. The third-order valence-electron chi connectivity index (χ3n) is 2.95. The van der Waals surface area contributed by atoms with E-state index in [0.717, 1.165) is 6.07 Å². The molecule has 0 radical (unpaired) electrons. The molecule has 1 N–H and O–H groups in total. The second-order valence-corrected chi connectivity index (χ2v) is 4.17. The lowest BCUT2D eigenvalue weighted by molar-refractivity contribution is -0.140. The summed E-state index contributed by atoms with van der Waals surface area (Å²) in [5.41, 5.74) is -1.32. The molecule has 0 aromatic heterocycles. The molecule has 2 nitrogen and oxygen atoms in total. The molecule has 0 amide bonds. The van der Waals surface area contributed by atoms with Crippen LogP contribution in [0.25, 0.3) is 0 Å². The minimum absolute atomic E-state index is 0.0644. The van der Waals surface area contributed by atoms with Crippen molar-refractivity contribution in [3.05, 3.63) is 47.0 Å². The van der Waals surface area contributed by atoms with Gasteiger partial charge in [0.2, 0.25) is 0 Å². The Morgan fingerprint density at radius 1 is 1.32 bits per heavy atom. The molecule has 104 valence electrons. The van der Waals surface area contributed by atoms with Crippen LogP contribution in [0.4, 0.5) is 17.6 Å². The highest BCUT2D eigenvalue weighted by Gasteiger charge is 2.36. The molecule has 1 heterocycles. The summed E-state index contributed by atoms with van der Waals surface area (Å²) in [6, 6.07) is 2.55. The van der Waals surface area contributed by atoms with Gasteiger partial charge in [-0.3, -0.25) is 0 Å². The molecule has 0 fully saturated rings. The zero-order valence-electron chi connectivity index (χ0n) is 10.2. The van der Waals surface area contributed by atoms with Gasteiger partial charge in [-0.25, -0.2) is 4.39 Å². The van der Waals surface area contributed by atoms with Gasteiger partial charge in [0.05, 0.1) is 18.2 Å². The second kappa shape index (κ2) is 5.21. The van der Waals surface area contributed by atoms with Crippen LogP contribution in [0.5, 0.6) is 0 Å². The van der Waals surface area contributed by atoms with Crippen LogP contribution in [0.1, 0.15) is 23.6 Å². The largest absolute Gasteiger partial charge is 0.496 e. The van der Waals surface area contributed by atoms with Crippen LogP contribution >= 0.6 is 0 Å². The van der Waals surface area contributed by atoms with E-state index in [1.54, 1.807) is 13.1 Å². The number of alkyl halides is 3. The first-order valence-electron chi connectivity index (χ1n) is 5.81. The van der Waals surface area contributed by atoms with Crippen molar-refractivity contribution in [2.75, 3.05) is 13.7 Å². The van der Waals surface area contributed by atoms with E-state index in [4.69, 9.17) is 4.74 Å². The summed E-state index contributed by atoms with van der Waals surface area (Å²) in [6.07, 6.45) is -2.28. The van der Waals surface area contributed by atoms with Gasteiger partial charge in [0.25, 0.3) is 0 Å². The number of likely N-dealkylation sites (N-methyl/N-ethyl adjacent to an activating group) is 1. The maximum atomic E-state index is 14.0. The summed E-state index contributed by atoms with van der Waals surface area (Å²) in [5.74, 6) is -0.800. The Bertz CT molecular complexity index is 496. The molecular formula is C13H13F4NO. The predicted molar refractivity (Wildman–Crippen MR) is 61.9 cm³/mol. The third-order valence-corrected chi connectivity index (χ3v) is 2.95. The SMILES string of the molecule is CNC(C1=CCCO1)c1cccc(C(F)(F)F)c1F. The predicted octanol–water partition coefficient (Wildman–Crippen LogP) is 3.41. The highest BCUT2D eigenvalue weighted by atomic mass is 19.4. The van der Waals surface area contributed by atoms with E-state index in [-0.39, 0.29) is 5.56 Å². The van der Waals surface area contributed by atoms with Gasteiger partial charge in [-0.05, 0) is 19.2 Å². The maximum Gasteiger partial charge on any atom is 0.419 e. The van der Waals surface area contributed by atoms with Gasteiger partial charge in [0.1, 0.15) is 11.6 Å². The van der Waals surface area contributed by atoms with Crippen molar-refractivity contribution in [2.45, 2.75) is 18.6 Å². The Balaban J connectivity index is 2.44. The normalized spacial score (nSPS) is 17.0. The van der Waals surface area contributed by atoms with Crippen molar-refractivity contribution in [1.29, 1.82) is 0 Å². The summed E-state index contributed by atoms with van der Waals surface area (Å²) in [7, 11) is 1.55. The van der Waals surface area contributed by atoms with Gasteiger partial charge in [-0.1, -0.05) is 12.1 Å². The molecule has 1 unspecified atom stereocenters. The fourth-order valence-electron chi connectivity index (χ4n) is 2.08. The van der Waals surface area contributed by atoms with Crippen molar-refractivity contribution in [3.8, 4) is 0 Å².